The van der Waals surface area contributed by atoms with Gasteiger partial charge in [0, 0.05) is 17.5 Å². The number of hydrogen-bond acceptors (Lipinski definition) is 9. The van der Waals surface area contributed by atoms with Gasteiger partial charge in [-0.25, -0.2) is 9.78 Å². The maximum absolute atomic E-state index is 13.6. The number of carbonyl (C=O) groups is 6. The van der Waals surface area contributed by atoms with Crippen molar-refractivity contribution in [2.45, 2.75) is 118 Å². The first kappa shape index (κ1) is 52.9. The number of aliphatic carboxylic acids is 1. The Hall–Kier alpha value is -5.15. The lowest BCUT2D eigenvalue weighted by molar-refractivity contribution is -0.141. The van der Waals surface area contributed by atoms with Crippen molar-refractivity contribution in [2.75, 3.05) is 26.7 Å². The molecule has 1 aromatic heterocycles. The number of likely N-dealkylation sites (N-methyl/N-ethyl adjacent to an activating group) is 1. The zero-order valence-electron chi connectivity index (χ0n) is 36.9. The summed E-state index contributed by atoms with van der Waals surface area (Å²) in [6.45, 7) is 16.4. The number of nitrogens with one attached hydrogen (secondary N) is 4. The third-order valence-electron chi connectivity index (χ3n) is 9.37. The van der Waals surface area contributed by atoms with E-state index in [1.165, 1.54) is 36.4 Å². The molecule has 4 atom stereocenters. The number of benzene rings is 2. The summed E-state index contributed by atoms with van der Waals surface area (Å²) in [5.74, 6) is -5.05. The Labute approximate surface area is 360 Å². The van der Waals surface area contributed by atoms with E-state index in [-0.39, 0.29) is 54.6 Å². The average molecular weight is 853 g/mol. The number of aromatic nitrogens is 1. The van der Waals surface area contributed by atoms with Gasteiger partial charge in [-0.1, -0.05) is 117 Å². The molecule has 0 aliphatic heterocycles. The fraction of sp³-hybridized carbons (Fsp3) is 0.533. The van der Waals surface area contributed by atoms with Crippen LogP contribution in [0.15, 0.2) is 60.0 Å². The number of hydrogen-bond donors (Lipinski definition) is 6. The Morgan fingerprint density at radius 1 is 0.767 bits per heavy atom. The Kier molecular flexibility index (Phi) is 25.7. The van der Waals surface area contributed by atoms with Crippen LogP contribution in [0, 0.1) is 11.8 Å². The number of amides is 4. The monoisotopic (exact) mass is 852 g/mol. The van der Waals surface area contributed by atoms with Gasteiger partial charge < -0.3 is 31.5 Å². The molecule has 0 saturated heterocycles. The van der Waals surface area contributed by atoms with Gasteiger partial charge in [0.1, 0.15) is 10.7 Å². The molecule has 0 aliphatic rings. The van der Waals surface area contributed by atoms with Crippen LogP contribution in [-0.2, 0) is 20.8 Å². The molecule has 2 aromatic carbocycles. The van der Waals surface area contributed by atoms with Crippen molar-refractivity contribution < 1.29 is 39.0 Å². The van der Waals surface area contributed by atoms with Crippen LogP contribution >= 0.6 is 11.3 Å². The Bertz CT molecular complexity index is 1770. The minimum absolute atomic E-state index is 0.0537. The van der Waals surface area contributed by atoms with E-state index in [1.807, 2.05) is 70.0 Å². The van der Waals surface area contributed by atoms with Gasteiger partial charge in [-0.05, 0) is 62.9 Å². The second kappa shape index (κ2) is 29.1. The standard InChI is InChI=1S/C39H52N6O8S.C4H10.C2H6/c1-6-7-17-45(5)22-34(47)40-21-33(46)42-30(24(2)3)20-31(43-35(48)28-15-11-12-16-29(28)39(52)53)37-44-32(23-54-37)36(49)41-27(18-25(4)38(50)51)19-26-13-9-8-10-14-26;1-3-4-2;1-2/h8-16,23-25,27,30-31H,6-7,17-22H2,1-5H3,(H,40,47)(H,41,49)(H,42,46)(H,43,48)(H,50,51)(H,52,53);3-4H2,1-2H3;1-2H3. The van der Waals surface area contributed by atoms with Gasteiger partial charge in [0.05, 0.1) is 36.2 Å². The number of nitrogens with zero attached hydrogens (tertiary/aromatic N) is 2. The zero-order valence-corrected chi connectivity index (χ0v) is 37.7. The van der Waals surface area contributed by atoms with E-state index in [1.54, 1.807) is 13.0 Å². The summed E-state index contributed by atoms with van der Waals surface area (Å²) in [5, 5.41) is 32.6. The quantitative estimate of drug-likeness (QED) is 0.0577. The van der Waals surface area contributed by atoms with Crippen molar-refractivity contribution in [1.82, 2.24) is 31.2 Å². The molecule has 4 amide bonds. The highest BCUT2D eigenvalue weighted by Crippen LogP contribution is 2.26. The lowest BCUT2D eigenvalue weighted by Crippen LogP contribution is -2.47. The molecule has 3 rings (SSSR count). The highest BCUT2D eigenvalue weighted by atomic mass is 32.1. The van der Waals surface area contributed by atoms with E-state index in [2.05, 4.69) is 47.0 Å². The molecular weight excluding hydrogens is 785 g/mol. The van der Waals surface area contributed by atoms with Crippen LogP contribution in [0.25, 0.3) is 0 Å². The molecule has 0 aliphatic carbocycles. The SMILES string of the molecule is CC.CCCC.CCCCN(C)CC(=O)NCC(=O)NC(CC(NC(=O)c1ccccc1C(=O)O)c1nc(C(=O)NC(Cc2ccccc2)CC(C)C(=O)O)cs1)C(C)C. The molecule has 0 saturated carbocycles. The molecule has 332 valence electrons. The summed E-state index contributed by atoms with van der Waals surface area (Å²) in [5.41, 5.74) is 0.706. The molecule has 1 heterocycles. The Morgan fingerprint density at radius 2 is 1.38 bits per heavy atom. The van der Waals surface area contributed by atoms with Gasteiger partial charge in [0.2, 0.25) is 11.8 Å². The topological polar surface area (TPSA) is 207 Å². The molecule has 4 unspecified atom stereocenters. The predicted molar refractivity (Wildman–Crippen MR) is 237 cm³/mol. The molecule has 60 heavy (non-hydrogen) atoms. The molecular formula is C45H68N6O8S. The maximum atomic E-state index is 13.6. The second-order valence-corrected chi connectivity index (χ2v) is 15.7. The number of aromatic carboxylic acids is 1. The van der Waals surface area contributed by atoms with E-state index < -0.39 is 53.7 Å². The average Bonchev–Trinajstić information content (AvgIpc) is 3.73. The summed E-state index contributed by atoms with van der Waals surface area (Å²) in [6, 6.07) is 13.2. The minimum atomic E-state index is -1.28. The summed E-state index contributed by atoms with van der Waals surface area (Å²) >= 11 is 1.11. The van der Waals surface area contributed by atoms with Crippen molar-refractivity contribution in [3.05, 3.63) is 87.4 Å². The van der Waals surface area contributed by atoms with Crippen LogP contribution in [0.4, 0.5) is 0 Å². The van der Waals surface area contributed by atoms with E-state index in [4.69, 9.17) is 0 Å². The highest BCUT2D eigenvalue weighted by molar-refractivity contribution is 7.09. The lowest BCUT2D eigenvalue weighted by Gasteiger charge is -2.27. The smallest absolute Gasteiger partial charge is 0.336 e. The lowest BCUT2D eigenvalue weighted by atomic mass is 9.96. The molecule has 0 bridgehead atoms. The summed E-state index contributed by atoms with van der Waals surface area (Å²) < 4.78 is 0. The van der Waals surface area contributed by atoms with Crippen molar-refractivity contribution in [1.29, 1.82) is 0 Å². The molecule has 6 N–H and O–H groups in total. The van der Waals surface area contributed by atoms with E-state index in [9.17, 15) is 39.0 Å². The molecule has 0 spiro atoms. The maximum Gasteiger partial charge on any atom is 0.336 e. The Morgan fingerprint density at radius 3 is 1.95 bits per heavy atom. The van der Waals surface area contributed by atoms with Gasteiger partial charge in [-0.2, -0.15) is 0 Å². The first-order chi connectivity index (χ1) is 28.6. The minimum Gasteiger partial charge on any atom is -0.481 e. The van der Waals surface area contributed by atoms with Crippen molar-refractivity contribution in [3.8, 4) is 0 Å². The Balaban J connectivity index is 0.00000282. The van der Waals surface area contributed by atoms with Gasteiger partial charge in [-0.3, -0.25) is 28.9 Å². The fourth-order valence-electron chi connectivity index (χ4n) is 5.75. The summed E-state index contributed by atoms with van der Waals surface area (Å²) in [7, 11) is 1.84. The first-order valence-corrected chi connectivity index (χ1v) is 21.9. The van der Waals surface area contributed by atoms with E-state index in [0.29, 0.717) is 11.4 Å². The number of carboxylic acid groups (broad SMARTS) is 2. The van der Waals surface area contributed by atoms with Crippen molar-refractivity contribution in [3.63, 3.8) is 0 Å². The third kappa shape index (κ3) is 19.7. The predicted octanol–water partition coefficient (Wildman–Crippen LogP) is 6.98. The van der Waals surface area contributed by atoms with Crippen molar-refractivity contribution >= 4 is 46.9 Å². The van der Waals surface area contributed by atoms with Gasteiger partial charge in [0.15, 0.2) is 0 Å². The summed E-state index contributed by atoms with van der Waals surface area (Å²) in [6.07, 6.45) is 5.29. The van der Waals surface area contributed by atoms with E-state index >= 15 is 0 Å². The van der Waals surface area contributed by atoms with Crippen LogP contribution in [-0.4, -0.2) is 94.4 Å². The van der Waals surface area contributed by atoms with Crippen molar-refractivity contribution in [2.24, 2.45) is 11.8 Å². The van der Waals surface area contributed by atoms with Crippen LogP contribution in [0.5, 0.6) is 0 Å². The number of carbonyl (C=O) groups excluding carboxylic acids is 4. The van der Waals surface area contributed by atoms with Crippen LogP contribution in [0.1, 0.15) is 142 Å². The largest absolute Gasteiger partial charge is 0.481 e. The number of thiazole rings is 1. The van der Waals surface area contributed by atoms with Crippen LogP contribution < -0.4 is 21.3 Å². The number of rotatable bonds is 23. The molecule has 0 fully saturated rings. The molecule has 15 heteroatoms. The molecule has 3 aromatic rings. The third-order valence-corrected chi connectivity index (χ3v) is 10.3. The van der Waals surface area contributed by atoms with E-state index in [0.717, 1.165) is 36.3 Å². The number of unbranched alkanes of at least 4 members (excludes halogenated alkanes) is 2. The van der Waals surface area contributed by atoms with Gasteiger partial charge in [0.25, 0.3) is 11.8 Å². The second-order valence-electron chi connectivity index (χ2n) is 14.8. The zero-order chi connectivity index (χ0) is 45.2. The van der Waals surface area contributed by atoms with Crippen LogP contribution in [0.3, 0.4) is 0 Å². The van der Waals surface area contributed by atoms with Gasteiger partial charge >= 0.3 is 11.9 Å². The fourth-order valence-corrected chi connectivity index (χ4v) is 6.61. The molecule has 14 nitrogen and oxygen atoms in total. The van der Waals surface area contributed by atoms with Gasteiger partial charge in [-0.15, -0.1) is 11.3 Å². The first-order valence-electron chi connectivity index (χ1n) is 21.0. The number of carboxylic acids is 2. The summed E-state index contributed by atoms with van der Waals surface area (Å²) in [4.78, 5) is 82.7. The normalized spacial score (nSPS) is 12.7. The molecule has 0 radical (unpaired) electrons. The highest BCUT2D eigenvalue weighted by Gasteiger charge is 2.29. The van der Waals surface area contributed by atoms with Crippen LogP contribution in [0.2, 0.25) is 0 Å².